The van der Waals surface area contributed by atoms with Crippen molar-refractivity contribution in [2.24, 2.45) is 0 Å². The molecule has 2 aromatic rings. The number of carbonyl (C=O) groups excluding carboxylic acids is 1. The van der Waals surface area contributed by atoms with E-state index in [4.69, 9.17) is 4.74 Å². The van der Waals surface area contributed by atoms with Gasteiger partial charge in [-0.3, -0.25) is 4.79 Å². The maximum absolute atomic E-state index is 11.2. The molecule has 0 radical (unpaired) electrons. The molecule has 0 aliphatic heterocycles. The van der Waals surface area contributed by atoms with E-state index in [1.54, 1.807) is 0 Å². The van der Waals surface area contributed by atoms with Crippen molar-refractivity contribution in [3.63, 3.8) is 0 Å². The van der Waals surface area contributed by atoms with Crippen LogP contribution in [0.15, 0.2) is 24.3 Å². The number of carbonyl (C=O) groups is 1. The minimum atomic E-state index is 0.540. The first-order valence-electron chi connectivity index (χ1n) is 5.93. The van der Waals surface area contributed by atoms with E-state index in [9.17, 15) is 10.1 Å². The van der Waals surface area contributed by atoms with Gasteiger partial charge in [0.15, 0.2) is 6.29 Å². The van der Waals surface area contributed by atoms with E-state index in [1.165, 1.54) is 11.3 Å². The van der Waals surface area contributed by atoms with Crippen LogP contribution in [0.1, 0.15) is 27.0 Å². The minimum Gasteiger partial charge on any atom is -0.493 e. The van der Waals surface area contributed by atoms with Crippen molar-refractivity contribution >= 4 is 17.6 Å². The molecule has 1 aromatic carbocycles. The van der Waals surface area contributed by atoms with Crippen molar-refractivity contribution in [2.45, 2.75) is 13.8 Å². The number of thiophene rings is 1. The fourth-order valence-corrected chi connectivity index (χ4v) is 2.95. The average molecular weight is 271 g/mol. The Hall–Kier alpha value is -2.12. The molecule has 1 heterocycles. The summed E-state index contributed by atoms with van der Waals surface area (Å²) in [7, 11) is 0. The fourth-order valence-electron chi connectivity index (χ4n) is 2.01. The lowest BCUT2D eigenvalue weighted by atomic mass is 10.0. The number of nitrogens with zero attached hydrogens (tertiary/aromatic N) is 1. The molecule has 2 rings (SSSR count). The highest BCUT2D eigenvalue weighted by Crippen LogP contribution is 2.39. The van der Waals surface area contributed by atoms with E-state index in [-0.39, 0.29) is 0 Å². The van der Waals surface area contributed by atoms with Crippen LogP contribution in [0.5, 0.6) is 5.75 Å². The third-order valence-electron chi connectivity index (χ3n) is 2.79. The highest BCUT2D eigenvalue weighted by atomic mass is 32.1. The molecule has 96 valence electrons. The first-order valence-corrected chi connectivity index (χ1v) is 6.75. The van der Waals surface area contributed by atoms with Gasteiger partial charge in [-0.05, 0) is 19.9 Å². The third-order valence-corrected chi connectivity index (χ3v) is 3.82. The molecular formula is C15H13NO2S. The fraction of sp³-hybridized carbons (Fsp3) is 0.200. The molecule has 0 atom stereocenters. The van der Waals surface area contributed by atoms with Crippen LogP contribution >= 0.6 is 11.3 Å². The summed E-state index contributed by atoms with van der Waals surface area (Å²) in [5, 5.41) is 9.29. The normalized spacial score (nSPS) is 9.95. The number of aldehydes is 1. The second kappa shape index (κ2) is 5.68. The van der Waals surface area contributed by atoms with Gasteiger partial charge in [-0.2, -0.15) is 5.26 Å². The number of hydrogen-bond donors (Lipinski definition) is 0. The number of rotatable bonds is 4. The summed E-state index contributed by atoms with van der Waals surface area (Å²) >= 11 is 1.34. The molecular weight excluding hydrogens is 258 g/mol. The Bertz CT molecular complexity index is 653. The van der Waals surface area contributed by atoms with Crippen LogP contribution in [0.4, 0.5) is 0 Å². The smallest absolute Gasteiger partial charge is 0.160 e. The van der Waals surface area contributed by atoms with Crippen molar-refractivity contribution in [1.29, 1.82) is 5.26 Å². The van der Waals surface area contributed by atoms with Crippen LogP contribution in [-0.2, 0) is 0 Å². The van der Waals surface area contributed by atoms with Crippen LogP contribution in [0.3, 0.4) is 0 Å². The standard InChI is InChI=1S/C15H13NO2S/c1-3-18-13-7-5-4-6-11(13)15-12(8-16)10(2)19-14(15)9-17/h4-7,9H,3H2,1-2H3. The molecule has 0 aliphatic carbocycles. The van der Waals surface area contributed by atoms with Gasteiger partial charge in [0.25, 0.3) is 0 Å². The molecule has 0 saturated heterocycles. The maximum atomic E-state index is 11.2. The zero-order chi connectivity index (χ0) is 13.8. The largest absolute Gasteiger partial charge is 0.493 e. The van der Waals surface area contributed by atoms with Crippen LogP contribution < -0.4 is 4.74 Å². The van der Waals surface area contributed by atoms with Crippen LogP contribution in [0.2, 0.25) is 0 Å². The van der Waals surface area contributed by atoms with E-state index in [1.807, 2.05) is 38.1 Å². The number of ether oxygens (including phenoxy) is 1. The zero-order valence-electron chi connectivity index (χ0n) is 10.8. The monoisotopic (exact) mass is 271 g/mol. The summed E-state index contributed by atoms with van der Waals surface area (Å²) in [4.78, 5) is 12.6. The molecule has 0 N–H and O–H groups in total. The summed E-state index contributed by atoms with van der Waals surface area (Å²) in [5.74, 6) is 0.697. The highest BCUT2D eigenvalue weighted by molar-refractivity contribution is 7.14. The second-order valence-corrected chi connectivity index (χ2v) is 5.19. The molecule has 0 unspecified atom stereocenters. The molecule has 0 bridgehead atoms. The summed E-state index contributed by atoms with van der Waals surface area (Å²) in [5.41, 5.74) is 2.04. The van der Waals surface area contributed by atoms with Gasteiger partial charge in [0.05, 0.1) is 17.0 Å². The summed E-state index contributed by atoms with van der Waals surface area (Å²) < 4.78 is 5.58. The van der Waals surface area contributed by atoms with E-state index >= 15 is 0 Å². The first kappa shape index (κ1) is 13.3. The Morgan fingerprint density at radius 3 is 2.79 bits per heavy atom. The molecule has 19 heavy (non-hydrogen) atoms. The number of aryl methyl sites for hydroxylation is 1. The lowest BCUT2D eigenvalue weighted by molar-refractivity contribution is 0.112. The van der Waals surface area contributed by atoms with Gasteiger partial charge in [-0.25, -0.2) is 0 Å². The zero-order valence-corrected chi connectivity index (χ0v) is 11.6. The molecule has 0 spiro atoms. The van der Waals surface area contributed by atoms with Crippen LogP contribution in [0.25, 0.3) is 11.1 Å². The number of para-hydroxylation sites is 1. The predicted octanol–water partition coefficient (Wildman–Crippen LogP) is 3.81. The topological polar surface area (TPSA) is 50.1 Å². The second-order valence-electron chi connectivity index (χ2n) is 3.93. The van der Waals surface area contributed by atoms with Gasteiger partial charge >= 0.3 is 0 Å². The molecule has 0 fully saturated rings. The Balaban J connectivity index is 2.71. The van der Waals surface area contributed by atoms with Crippen LogP contribution in [-0.4, -0.2) is 12.9 Å². The Morgan fingerprint density at radius 2 is 2.16 bits per heavy atom. The average Bonchev–Trinajstić information content (AvgIpc) is 2.75. The van der Waals surface area contributed by atoms with Crippen molar-refractivity contribution in [2.75, 3.05) is 6.61 Å². The van der Waals surface area contributed by atoms with Crippen molar-refractivity contribution in [3.8, 4) is 22.9 Å². The van der Waals surface area contributed by atoms with Gasteiger partial charge in [-0.1, -0.05) is 18.2 Å². The number of benzene rings is 1. The molecule has 3 nitrogen and oxygen atoms in total. The van der Waals surface area contributed by atoms with Crippen molar-refractivity contribution in [3.05, 3.63) is 39.6 Å². The Labute approximate surface area is 116 Å². The van der Waals surface area contributed by atoms with Crippen LogP contribution in [0, 0.1) is 18.3 Å². The van der Waals surface area contributed by atoms with Gasteiger partial charge < -0.3 is 4.74 Å². The van der Waals surface area contributed by atoms with Gasteiger partial charge in [0, 0.05) is 16.0 Å². The Morgan fingerprint density at radius 1 is 1.42 bits per heavy atom. The Kier molecular flexibility index (Phi) is 3.98. The van der Waals surface area contributed by atoms with Crippen molar-refractivity contribution in [1.82, 2.24) is 0 Å². The molecule has 0 amide bonds. The lowest BCUT2D eigenvalue weighted by Gasteiger charge is -2.10. The van der Waals surface area contributed by atoms with E-state index < -0.39 is 0 Å². The van der Waals surface area contributed by atoms with Gasteiger partial charge in [0.2, 0.25) is 0 Å². The minimum absolute atomic E-state index is 0.540. The lowest BCUT2D eigenvalue weighted by Crippen LogP contribution is -1.95. The number of nitriles is 1. The quantitative estimate of drug-likeness (QED) is 0.794. The molecule has 4 heteroatoms. The molecule has 0 aliphatic rings. The molecule has 0 saturated carbocycles. The number of hydrogen-bond acceptors (Lipinski definition) is 4. The summed E-state index contributed by atoms with van der Waals surface area (Å²) in [6.07, 6.45) is 0.802. The third kappa shape index (κ3) is 2.38. The van der Waals surface area contributed by atoms with E-state index in [2.05, 4.69) is 6.07 Å². The van der Waals surface area contributed by atoms with Crippen molar-refractivity contribution < 1.29 is 9.53 Å². The van der Waals surface area contributed by atoms with Gasteiger partial charge in [0.1, 0.15) is 11.8 Å². The first-order chi connectivity index (χ1) is 9.22. The van der Waals surface area contributed by atoms with E-state index in [0.717, 1.165) is 16.7 Å². The predicted molar refractivity (Wildman–Crippen MR) is 75.8 cm³/mol. The molecule has 1 aromatic heterocycles. The SMILES string of the molecule is CCOc1ccccc1-c1c(C=O)sc(C)c1C#N. The van der Waals surface area contributed by atoms with E-state index in [0.29, 0.717) is 28.4 Å². The summed E-state index contributed by atoms with van der Waals surface area (Å²) in [6.45, 7) is 4.29. The maximum Gasteiger partial charge on any atom is 0.160 e. The van der Waals surface area contributed by atoms with Gasteiger partial charge in [-0.15, -0.1) is 11.3 Å². The summed E-state index contributed by atoms with van der Waals surface area (Å²) in [6, 6.07) is 9.66. The highest BCUT2D eigenvalue weighted by Gasteiger charge is 2.19.